The van der Waals surface area contributed by atoms with Crippen molar-refractivity contribution in [2.24, 2.45) is 5.73 Å². The van der Waals surface area contributed by atoms with Crippen molar-refractivity contribution in [1.82, 2.24) is 0 Å². The van der Waals surface area contributed by atoms with Crippen LogP contribution in [0, 0.1) is 0 Å². The third-order valence-corrected chi connectivity index (χ3v) is 4.57. The van der Waals surface area contributed by atoms with Crippen molar-refractivity contribution in [3.8, 4) is 0 Å². The van der Waals surface area contributed by atoms with Crippen molar-refractivity contribution >= 4 is 46.5 Å². The summed E-state index contributed by atoms with van der Waals surface area (Å²) in [5, 5.41) is 13.9. The Bertz CT molecular complexity index is 738. The number of hydrogen-bond donors (Lipinski definition) is 3. The average Bonchev–Trinajstić information content (AvgIpc) is 2.53. The number of carboxylic acid groups (broad SMARTS) is 1. The van der Waals surface area contributed by atoms with Gasteiger partial charge in [0, 0.05) is 22.5 Å². The molecule has 0 aliphatic rings. The smallest absolute Gasteiger partial charge is 0.304 e. The number of halogens is 3. The lowest BCUT2D eigenvalue weighted by Crippen LogP contribution is -2.16. The van der Waals surface area contributed by atoms with Gasteiger partial charge in [0.05, 0.1) is 17.1 Å². The number of nitrogens with one attached hydrogen (secondary N) is 1. The van der Waals surface area contributed by atoms with E-state index in [-0.39, 0.29) is 18.9 Å². The Morgan fingerprint density at radius 3 is 2.50 bits per heavy atom. The SMILES string of the molecule is NC[C@H](CC(=O)O)c1ccc(Cl)c(NCc2ccc(Cl)cc2Cl)c1. The average molecular weight is 388 g/mol. The predicted molar refractivity (Wildman–Crippen MR) is 99.3 cm³/mol. The number of benzene rings is 2. The summed E-state index contributed by atoms with van der Waals surface area (Å²) in [5.41, 5.74) is 8.10. The first kappa shape index (κ1) is 18.9. The van der Waals surface area contributed by atoms with Gasteiger partial charge in [0.2, 0.25) is 0 Å². The molecule has 0 amide bonds. The Morgan fingerprint density at radius 1 is 1.12 bits per heavy atom. The second-order valence-corrected chi connectivity index (χ2v) is 6.61. The normalized spacial score (nSPS) is 12.0. The van der Waals surface area contributed by atoms with Crippen LogP contribution in [0.25, 0.3) is 0 Å². The van der Waals surface area contributed by atoms with E-state index >= 15 is 0 Å². The summed E-state index contributed by atoms with van der Waals surface area (Å²) in [6.07, 6.45) is -0.0272. The molecule has 0 heterocycles. The van der Waals surface area contributed by atoms with E-state index in [1.54, 1.807) is 24.3 Å². The largest absolute Gasteiger partial charge is 0.481 e. The van der Waals surface area contributed by atoms with Gasteiger partial charge in [-0.1, -0.05) is 46.9 Å². The minimum absolute atomic E-state index is 0.0272. The summed E-state index contributed by atoms with van der Waals surface area (Å²) in [6.45, 7) is 0.710. The molecule has 0 bridgehead atoms. The molecule has 2 rings (SSSR count). The van der Waals surface area contributed by atoms with Crippen LogP contribution in [0.5, 0.6) is 0 Å². The number of nitrogens with two attached hydrogens (primary N) is 1. The van der Waals surface area contributed by atoms with E-state index in [4.69, 9.17) is 45.6 Å². The molecule has 0 fully saturated rings. The molecule has 0 aliphatic heterocycles. The van der Waals surface area contributed by atoms with Gasteiger partial charge < -0.3 is 16.2 Å². The molecule has 128 valence electrons. The lowest BCUT2D eigenvalue weighted by atomic mass is 9.95. The highest BCUT2D eigenvalue weighted by Crippen LogP contribution is 2.29. The molecule has 4 nitrogen and oxygen atoms in total. The van der Waals surface area contributed by atoms with Crippen LogP contribution in [0.15, 0.2) is 36.4 Å². The molecule has 24 heavy (non-hydrogen) atoms. The van der Waals surface area contributed by atoms with Crippen LogP contribution in [-0.2, 0) is 11.3 Å². The highest BCUT2D eigenvalue weighted by atomic mass is 35.5. The van der Waals surface area contributed by atoms with E-state index in [0.717, 1.165) is 11.1 Å². The van der Waals surface area contributed by atoms with E-state index < -0.39 is 5.97 Å². The zero-order valence-electron chi connectivity index (χ0n) is 12.7. The van der Waals surface area contributed by atoms with Crippen LogP contribution in [0.1, 0.15) is 23.5 Å². The summed E-state index contributed by atoms with van der Waals surface area (Å²) in [4.78, 5) is 10.9. The van der Waals surface area contributed by atoms with Crippen molar-refractivity contribution in [2.45, 2.75) is 18.9 Å². The summed E-state index contributed by atoms with van der Waals surface area (Å²) >= 11 is 18.3. The van der Waals surface area contributed by atoms with Crippen LogP contribution in [-0.4, -0.2) is 17.6 Å². The van der Waals surface area contributed by atoms with Gasteiger partial charge in [-0.25, -0.2) is 0 Å². The van der Waals surface area contributed by atoms with Crippen LogP contribution < -0.4 is 11.1 Å². The number of carboxylic acids is 1. The zero-order valence-corrected chi connectivity index (χ0v) is 15.0. The third-order valence-electron chi connectivity index (χ3n) is 3.65. The summed E-state index contributed by atoms with van der Waals surface area (Å²) < 4.78 is 0. The van der Waals surface area contributed by atoms with Crippen molar-refractivity contribution < 1.29 is 9.90 Å². The van der Waals surface area contributed by atoms with E-state index in [1.165, 1.54) is 0 Å². The summed E-state index contributed by atoms with van der Waals surface area (Å²) in [6, 6.07) is 10.6. The number of aliphatic carboxylic acids is 1. The maximum absolute atomic E-state index is 10.9. The fourth-order valence-electron chi connectivity index (χ4n) is 2.34. The third kappa shape index (κ3) is 5.02. The van der Waals surface area contributed by atoms with E-state index in [9.17, 15) is 4.79 Å². The Morgan fingerprint density at radius 2 is 1.88 bits per heavy atom. The second kappa shape index (κ2) is 8.58. The van der Waals surface area contributed by atoms with Crippen LogP contribution in [0.4, 0.5) is 5.69 Å². The Hall–Kier alpha value is -1.46. The molecule has 7 heteroatoms. The van der Waals surface area contributed by atoms with Crippen molar-refractivity contribution in [3.05, 3.63) is 62.6 Å². The molecule has 0 unspecified atom stereocenters. The minimum Gasteiger partial charge on any atom is -0.481 e. The van der Waals surface area contributed by atoms with Crippen molar-refractivity contribution in [2.75, 3.05) is 11.9 Å². The first-order valence-corrected chi connectivity index (χ1v) is 8.43. The van der Waals surface area contributed by atoms with Crippen LogP contribution in [0.2, 0.25) is 15.1 Å². The minimum atomic E-state index is -0.886. The molecule has 0 aromatic heterocycles. The van der Waals surface area contributed by atoms with Gasteiger partial charge in [0.15, 0.2) is 0 Å². The quantitative estimate of drug-likeness (QED) is 0.639. The predicted octanol–water partition coefficient (Wildman–Crippen LogP) is 4.78. The molecular formula is C17H17Cl3N2O2. The molecule has 0 spiro atoms. The maximum Gasteiger partial charge on any atom is 0.304 e. The second-order valence-electron chi connectivity index (χ2n) is 5.36. The number of hydrogen-bond acceptors (Lipinski definition) is 3. The molecule has 0 saturated carbocycles. The first-order chi connectivity index (χ1) is 11.4. The Kier molecular flexibility index (Phi) is 6.75. The van der Waals surface area contributed by atoms with Gasteiger partial charge in [-0.05, 0) is 41.9 Å². The molecular weight excluding hydrogens is 371 g/mol. The van der Waals surface area contributed by atoms with E-state index in [0.29, 0.717) is 27.3 Å². The maximum atomic E-state index is 10.9. The van der Waals surface area contributed by atoms with E-state index in [1.807, 2.05) is 12.1 Å². The highest BCUT2D eigenvalue weighted by Gasteiger charge is 2.15. The standard InChI is InChI=1S/C17H17Cl3N2O2/c18-13-3-1-11(15(20)7-13)9-22-16-5-10(2-4-14(16)19)12(8-21)6-17(23)24/h1-5,7,12,22H,6,8-9,21H2,(H,23,24)/t12-/m0/s1. The van der Waals surface area contributed by atoms with Gasteiger partial charge in [-0.2, -0.15) is 0 Å². The molecule has 2 aromatic rings. The molecule has 4 N–H and O–H groups in total. The lowest BCUT2D eigenvalue weighted by molar-refractivity contribution is -0.137. The Labute approximate surface area is 155 Å². The first-order valence-electron chi connectivity index (χ1n) is 7.29. The fourth-order valence-corrected chi connectivity index (χ4v) is 3.00. The van der Waals surface area contributed by atoms with Crippen molar-refractivity contribution in [3.63, 3.8) is 0 Å². The van der Waals surface area contributed by atoms with Crippen LogP contribution in [0.3, 0.4) is 0 Å². The highest BCUT2D eigenvalue weighted by molar-refractivity contribution is 6.35. The van der Waals surface area contributed by atoms with Gasteiger partial charge in [-0.3, -0.25) is 4.79 Å². The molecule has 0 saturated heterocycles. The molecule has 1 atom stereocenters. The van der Waals surface area contributed by atoms with Gasteiger partial charge in [-0.15, -0.1) is 0 Å². The lowest BCUT2D eigenvalue weighted by Gasteiger charge is -2.16. The van der Waals surface area contributed by atoms with E-state index in [2.05, 4.69) is 5.32 Å². The topological polar surface area (TPSA) is 75.4 Å². The van der Waals surface area contributed by atoms with Gasteiger partial charge >= 0.3 is 5.97 Å². The zero-order chi connectivity index (χ0) is 17.7. The number of anilines is 1. The molecule has 2 aromatic carbocycles. The summed E-state index contributed by atoms with van der Waals surface area (Å²) in [5.74, 6) is -1.15. The Balaban J connectivity index is 2.17. The van der Waals surface area contributed by atoms with Gasteiger partial charge in [0.25, 0.3) is 0 Å². The molecule has 0 aliphatic carbocycles. The monoisotopic (exact) mass is 386 g/mol. The molecule has 0 radical (unpaired) electrons. The summed E-state index contributed by atoms with van der Waals surface area (Å²) in [7, 11) is 0. The fraction of sp³-hybridized carbons (Fsp3) is 0.235. The van der Waals surface area contributed by atoms with Gasteiger partial charge in [0.1, 0.15) is 0 Å². The number of rotatable bonds is 7. The number of carbonyl (C=O) groups is 1. The van der Waals surface area contributed by atoms with Crippen molar-refractivity contribution in [1.29, 1.82) is 0 Å². The van der Waals surface area contributed by atoms with Crippen LogP contribution >= 0.6 is 34.8 Å².